The molecule has 0 bridgehead atoms. The van der Waals surface area contributed by atoms with E-state index < -0.39 is 0 Å². The fourth-order valence-corrected chi connectivity index (χ4v) is 2.84. The van der Waals surface area contributed by atoms with Crippen LogP contribution in [0.4, 0.5) is 10.5 Å². The number of ether oxygens (including phenoxy) is 1. The summed E-state index contributed by atoms with van der Waals surface area (Å²) in [4.78, 5) is 14.4. The topological polar surface area (TPSA) is 74.9 Å². The summed E-state index contributed by atoms with van der Waals surface area (Å²) in [5.41, 5.74) is 1.17. The van der Waals surface area contributed by atoms with E-state index in [2.05, 4.69) is 5.32 Å². The van der Waals surface area contributed by atoms with Crippen molar-refractivity contribution in [2.75, 3.05) is 12.4 Å². The van der Waals surface area contributed by atoms with E-state index in [4.69, 9.17) is 20.8 Å². The number of aromatic hydroxyl groups is 1. The van der Waals surface area contributed by atoms with Gasteiger partial charge in [-0.2, -0.15) is 0 Å². The maximum Gasteiger partial charge on any atom is 0.322 e. The Labute approximate surface area is 161 Å². The molecule has 0 aliphatic rings. The highest BCUT2D eigenvalue weighted by atomic mass is 35.5. The van der Waals surface area contributed by atoms with Crippen LogP contribution in [0.3, 0.4) is 0 Å². The zero-order chi connectivity index (χ0) is 19.2. The number of nitrogens with one attached hydrogen (secondary N) is 1. The standard InChI is InChI=1S/C20H19ClN2O4/c1-26-19-9-8-15(11-17(19)21)22-20(25)23(13-16-6-4-10-27-16)12-14-5-2-3-7-18(14)24/h2-11,24H,12-13H2,1H3,(H,22,25). The summed E-state index contributed by atoms with van der Waals surface area (Å²) in [6, 6.07) is 15.1. The molecule has 3 aromatic rings. The lowest BCUT2D eigenvalue weighted by Gasteiger charge is -2.23. The number of nitrogens with zero attached hydrogens (tertiary/aromatic N) is 1. The SMILES string of the molecule is COc1ccc(NC(=O)N(Cc2ccco2)Cc2ccccc2O)cc1Cl. The highest BCUT2D eigenvalue weighted by molar-refractivity contribution is 6.32. The van der Waals surface area contributed by atoms with Gasteiger partial charge in [0.15, 0.2) is 0 Å². The number of halogens is 1. The van der Waals surface area contributed by atoms with Crippen molar-refractivity contribution in [2.45, 2.75) is 13.1 Å². The van der Waals surface area contributed by atoms with Crippen molar-refractivity contribution in [3.63, 3.8) is 0 Å². The molecule has 0 saturated heterocycles. The van der Waals surface area contributed by atoms with Gasteiger partial charge in [-0.1, -0.05) is 29.8 Å². The van der Waals surface area contributed by atoms with Crippen molar-refractivity contribution in [2.24, 2.45) is 0 Å². The molecule has 0 atom stereocenters. The van der Waals surface area contributed by atoms with Gasteiger partial charge in [0, 0.05) is 11.3 Å². The van der Waals surface area contributed by atoms with Gasteiger partial charge < -0.3 is 24.5 Å². The smallest absolute Gasteiger partial charge is 0.322 e. The Morgan fingerprint density at radius 2 is 2.00 bits per heavy atom. The van der Waals surface area contributed by atoms with Crippen LogP contribution in [0.15, 0.2) is 65.3 Å². The van der Waals surface area contributed by atoms with Gasteiger partial charge in [0.1, 0.15) is 17.3 Å². The average molecular weight is 387 g/mol. The molecule has 0 spiro atoms. The fraction of sp³-hybridized carbons (Fsp3) is 0.150. The number of para-hydroxylation sites is 1. The second-order valence-corrected chi connectivity index (χ2v) is 6.25. The first-order valence-corrected chi connectivity index (χ1v) is 8.63. The van der Waals surface area contributed by atoms with Gasteiger partial charge in [-0.3, -0.25) is 0 Å². The molecule has 3 rings (SSSR count). The minimum absolute atomic E-state index is 0.127. The van der Waals surface area contributed by atoms with E-state index in [1.54, 1.807) is 60.9 Å². The summed E-state index contributed by atoms with van der Waals surface area (Å²) in [5, 5.41) is 13.2. The molecule has 27 heavy (non-hydrogen) atoms. The summed E-state index contributed by atoms with van der Waals surface area (Å²) >= 11 is 6.12. The number of urea groups is 1. The Morgan fingerprint density at radius 3 is 2.67 bits per heavy atom. The number of hydrogen-bond acceptors (Lipinski definition) is 4. The molecule has 0 saturated carbocycles. The Bertz CT molecular complexity index is 912. The number of anilines is 1. The molecule has 2 aromatic carbocycles. The van der Waals surface area contributed by atoms with Gasteiger partial charge in [-0.05, 0) is 36.4 Å². The number of carbonyl (C=O) groups is 1. The van der Waals surface area contributed by atoms with E-state index >= 15 is 0 Å². The Kier molecular flexibility index (Phi) is 5.88. The third kappa shape index (κ3) is 4.74. The molecule has 0 unspecified atom stereocenters. The fourth-order valence-electron chi connectivity index (χ4n) is 2.59. The summed E-state index contributed by atoms with van der Waals surface area (Å²) in [7, 11) is 1.52. The minimum atomic E-state index is -0.351. The second-order valence-electron chi connectivity index (χ2n) is 5.84. The number of carbonyl (C=O) groups excluding carboxylic acids is 1. The van der Waals surface area contributed by atoms with E-state index in [0.717, 1.165) is 0 Å². The zero-order valence-corrected chi connectivity index (χ0v) is 15.4. The van der Waals surface area contributed by atoms with Crippen LogP contribution in [0.2, 0.25) is 5.02 Å². The lowest BCUT2D eigenvalue weighted by atomic mass is 10.2. The lowest BCUT2D eigenvalue weighted by molar-refractivity contribution is 0.200. The van der Waals surface area contributed by atoms with E-state index in [-0.39, 0.29) is 24.9 Å². The van der Waals surface area contributed by atoms with Crippen LogP contribution in [0, 0.1) is 0 Å². The number of rotatable bonds is 6. The summed E-state index contributed by atoms with van der Waals surface area (Å²) in [6.07, 6.45) is 1.55. The monoisotopic (exact) mass is 386 g/mol. The maximum absolute atomic E-state index is 12.8. The van der Waals surface area contributed by atoms with E-state index in [1.807, 2.05) is 0 Å². The highest BCUT2D eigenvalue weighted by Crippen LogP contribution is 2.27. The predicted octanol–water partition coefficient (Wildman–Crippen LogP) is 4.88. The third-order valence-corrected chi connectivity index (χ3v) is 4.27. The van der Waals surface area contributed by atoms with Crippen LogP contribution in [0.25, 0.3) is 0 Å². The third-order valence-electron chi connectivity index (χ3n) is 3.97. The number of hydrogen-bond donors (Lipinski definition) is 2. The molecule has 0 aliphatic carbocycles. The molecule has 140 valence electrons. The van der Waals surface area contributed by atoms with E-state index in [1.165, 1.54) is 12.0 Å². The number of phenols is 1. The largest absolute Gasteiger partial charge is 0.508 e. The highest BCUT2D eigenvalue weighted by Gasteiger charge is 2.18. The average Bonchev–Trinajstić information content (AvgIpc) is 3.16. The summed E-state index contributed by atoms with van der Waals surface area (Å²) in [5.74, 6) is 1.28. The molecule has 6 nitrogen and oxygen atoms in total. The number of methoxy groups -OCH3 is 1. The molecule has 7 heteroatoms. The molecule has 2 amide bonds. The molecule has 2 N–H and O–H groups in total. The maximum atomic E-state index is 12.8. The Hall–Kier alpha value is -3.12. The van der Waals surface area contributed by atoms with Crippen LogP contribution >= 0.6 is 11.6 Å². The van der Waals surface area contributed by atoms with E-state index in [0.29, 0.717) is 27.8 Å². The van der Waals surface area contributed by atoms with Gasteiger partial charge >= 0.3 is 6.03 Å². The molecule has 0 fully saturated rings. The molecular weight excluding hydrogens is 368 g/mol. The first kappa shape index (κ1) is 18.7. The second kappa shape index (κ2) is 8.51. The lowest BCUT2D eigenvalue weighted by Crippen LogP contribution is -2.34. The van der Waals surface area contributed by atoms with Crippen molar-refractivity contribution in [1.29, 1.82) is 0 Å². The number of phenolic OH excluding ortho intramolecular Hbond substituents is 1. The molecule has 1 aromatic heterocycles. The van der Waals surface area contributed by atoms with Crippen LogP contribution in [0.5, 0.6) is 11.5 Å². The number of benzene rings is 2. The van der Waals surface area contributed by atoms with Crippen molar-refractivity contribution in [3.8, 4) is 11.5 Å². The minimum Gasteiger partial charge on any atom is -0.508 e. The molecular formula is C20H19ClN2O4. The zero-order valence-electron chi connectivity index (χ0n) is 14.7. The molecule has 1 heterocycles. The first-order chi connectivity index (χ1) is 13.1. The quantitative estimate of drug-likeness (QED) is 0.633. The van der Waals surface area contributed by atoms with Crippen molar-refractivity contribution in [1.82, 2.24) is 4.90 Å². The van der Waals surface area contributed by atoms with Crippen LogP contribution < -0.4 is 10.1 Å². The molecule has 0 aliphatic heterocycles. The summed E-state index contributed by atoms with van der Waals surface area (Å²) < 4.78 is 10.5. The van der Waals surface area contributed by atoms with E-state index in [9.17, 15) is 9.90 Å². The van der Waals surface area contributed by atoms with Crippen molar-refractivity contribution < 1.29 is 19.1 Å². The van der Waals surface area contributed by atoms with Gasteiger partial charge in [-0.15, -0.1) is 0 Å². The van der Waals surface area contributed by atoms with Gasteiger partial charge in [0.05, 0.1) is 31.5 Å². The summed E-state index contributed by atoms with van der Waals surface area (Å²) in [6.45, 7) is 0.458. The first-order valence-electron chi connectivity index (χ1n) is 8.25. The van der Waals surface area contributed by atoms with Gasteiger partial charge in [-0.25, -0.2) is 4.79 Å². The van der Waals surface area contributed by atoms with Gasteiger partial charge in [0.25, 0.3) is 0 Å². The van der Waals surface area contributed by atoms with Crippen molar-refractivity contribution >= 4 is 23.3 Å². The van der Waals surface area contributed by atoms with Crippen LogP contribution in [-0.4, -0.2) is 23.1 Å². The Morgan fingerprint density at radius 1 is 1.19 bits per heavy atom. The predicted molar refractivity (Wildman–Crippen MR) is 103 cm³/mol. The van der Waals surface area contributed by atoms with Gasteiger partial charge in [0.2, 0.25) is 0 Å². The number of furan rings is 1. The van der Waals surface area contributed by atoms with Crippen LogP contribution in [0.1, 0.15) is 11.3 Å². The van der Waals surface area contributed by atoms with Crippen molar-refractivity contribution in [3.05, 3.63) is 77.2 Å². The molecule has 0 radical (unpaired) electrons. The van der Waals surface area contributed by atoms with Crippen LogP contribution in [-0.2, 0) is 13.1 Å². The number of amides is 2. The normalized spacial score (nSPS) is 10.4. The Balaban J connectivity index is 1.79.